The molecule has 3 heteroatoms. The van der Waals surface area contributed by atoms with Gasteiger partial charge in [0, 0.05) is 24.1 Å². The maximum absolute atomic E-state index is 12.1. The molecule has 0 N–H and O–H groups in total. The Bertz CT molecular complexity index is 493. The lowest BCUT2D eigenvalue weighted by atomic mass is 10.1. The molecule has 0 saturated carbocycles. The predicted octanol–water partition coefficient (Wildman–Crippen LogP) is 3.87. The summed E-state index contributed by atoms with van der Waals surface area (Å²) in [7, 11) is 1.87. The van der Waals surface area contributed by atoms with Crippen molar-refractivity contribution in [3.63, 3.8) is 0 Å². The van der Waals surface area contributed by atoms with Crippen LogP contribution in [0.5, 0.6) is 0 Å². The van der Waals surface area contributed by atoms with Crippen LogP contribution >= 0.6 is 11.8 Å². The first-order valence-electron chi connectivity index (χ1n) is 6.23. The molecule has 0 fully saturated rings. The third kappa shape index (κ3) is 2.78. The summed E-state index contributed by atoms with van der Waals surface area (Å²) < 4.78 is 0. The zero-order valence-corrected chi connectivity index (χ0v) is 12.0. The second-order valence-electron chi connectivity index (χ2n) is 4.77. The van der Waals surface area contributed by atoms with Crippen molar-refractivity contribution in [3.05, 3.63) is 35.4 Å². The van der Waals surface area contributed by atoms with Crippen molar-refractivity contribution in [2.45, 2.75) is 31.6 Å². The first-order valence-corrected chi connectivity index (χ1v) is 7.21. The van der Waals surface area contributed by atoms with E-state index in [2.05, 4.69) is 19.9 Å². The van der Waals surface area contributed by atoms with E-state index in [0.29, 0.717) is 6.42 Å². The average molecular weight is 261 g/mol. The lowest BCUT2D eigenvalue weighted by Gasteiger charge is -2.22. The molecule has 2 rings (SSSR count). The molecule has 2 nitrogen and oxygen atoms in total. The largest absolute Gasteiger partial charge is 0.314 e. The Balaban J connectivity index is 2.39. The Kier molecular flexibility index (Phi) is 4.12. The molecule has 1 aliphatic heterocycles. The summed E-state index contributed by atoms with van der Waals surface area (Å²) in [5.74, 6) is 1.20. The molecule has 0 aliphatic carbocycles. The fraction of sp³-hybridized carbons (Fsp3) is 0.400. The minimum Gasteiger partial charge on any atom is -0.314 e. The van der Waals surface area contributed by atoms with Crippen LogP contribution < -0.4 is 4.90 Å². The minimum atomic E-state index is 0.192. The topological polar surface area (TPSA) is 20.3 Å². The normalized spacial score (nSPS) is 21.7. The molecule has 0 atom stereocenters. The van der Waals surface area contributed by atoms with E-state index >= 15 is 0 Å². The Labute approximate surface area is 113 Å². The van der Waals surface area contributed by atoms with Crippen molar-refractivity contribution in [1.29, 1.82) is 0 Å². The number of rotatable bonds is 0. The van der Waals surface area contributed by atoms with Gasteiger partial charge in [0.2, 0.25) is 5.91 Å². The van der Waals surface area contributed by atoms with Gasteiger partial charge in [0.1, 0.15) is 0 Å². The van der Waals surface area contributed by atoms with Crippen molar-refractivity contribution in [2.24, 2.45) is 0 Å². The second-order valence-corrected chi connectivity index (χ2v) is 5.79. The van der Waals surface area contributed by atoms with E-state index in [1.54, 1.807) is 4.90 Å². The average Bonchev–Trinajstić information content (AvgIpc) is 2.40. The molecule has 96 valence electrons. The molecule has 1 heterocycles. The van der Waals surface area contributed by atoms with E-state index in [0.717, 1.165) is 17.9 Å². The van der Waals surface area contributed by atoms with Crippen molar-refractivity contribution in [2.75, 3.05) is 17.7 Å². The van der Waals surface area contributed by atoms with Gasteiger partial charge >= 0.3 is 0 Å². The lowest BCUT2D eigenvalue weighted by Crippen LogP contribution is -2.26. The Morgan fingerprint density at radius 1 is 1.11 bits per heavy atom. The van der Waals surface area contributed by atoms with Crippen molar-refractivity contribution in [1.82, 2.24) is 0 Å². The van der Waals surface area contributed by atoms with Gasteiger partial charge in [0.05, 0.1) is 5.69 Å². The minimum absolute atomic E-state index is 0.192. The Morgan fingerprint density at radius 2 is 1.83 bits per heavy atom. The second kappa shape index (κ2) is 5.61. The number of carbonyl (C=O) groups is 1. The van der Waals surface area contributed by atoms with E-state index in [4.69, 9.17) is 0 Å². The molecular formula is C15H19NOS. The number of amides is 1. The highest BCUT2D eigenvalue weighted by atomic mass is 32.2. The molecule has 18 heavy (non-hydrogen) atoms. The zero-order valence-electron chi connectivity index (χ0n) is 11.2. The molecule has 1 aromatic carbocycles. The van der Waals surface area contributed by atoms with E-state index in [1.165, 1.54) is 16.0 Å². The van der Waals surface area contributed by atoms with Crippen LogP contribution in [-0.2, 0) is 4.79 Å². The fourth-order valence-electron chi connectivity index (χ4n) is 1.98. The van der Waals surface area contributed by atoms with Crippen LogP contribution in [-0.4, -0.2) is 18.7 Å². The molecule has 0 aromatic heterocycles. The Morgan fingerprint density at radius 3 is 2.61 bits per heavy atom. The molecule has 1 amide bonds. The number of hydrogen-bond donors (Lipinski definition) is 0. The number of para-hydroxylation sites is 1. The van der Waals surface area contributed by atoms with Gasteiger partial charge in [-0.3, -0.25) is 4.79 Å². The van der Waals surface area contributed by atoms with Gasteiger partial charge in [-0.1, -0.05) is 23.3 Å². The number of benzene rings is 1. The third-order valence-electron chi connectivity index (χ3n) is 3.49. The highest BCUT2D eigenvalue weighted by Crippen LogP contribution is 2.33. The first-order chi connectivity index (χ1) is 8.59. The number of nitrogens with zero attached hydrogens (tertiary/aromatic N) is 1. The third-order valence-corrected chi connectivity index (χ3v) is 4.72. The smallest absolute Gasteiger partial charge is 0.227 e. The maximum Gasteiger partial charge on any atom is 0.227 e. The molecule has 0 spiro atoms. The number of anilines is 1. The lowest BCUT2D eigenvalue weighted by molar-refractivity contribution is -0.118. The van der Waals surface area contributed by atoms with Crippen LogP contribution in [0.2, 0.25) is 0 Å². The van der Waals surface area contributed by atoms with Crippen molar-refractivity contribution in [3.8, 4) is 0 Å². The van der Waals surface area contributed by atoms with Crippen LogP contribution in [0.25, 0.3) is 0 Å². The number of allylic oxidation sites excluding steroid dienone is 1. The molecule has 1 aliphatic rings. The number of thioether (sulfide) groups is 1. The van der Waals surface area contributed by atoms with E-state index < -0.39 is 0 Å². The summed E-state index contributed by atoms with van der Waals surface area (Å²) in [5.41, 5.74) is 3.77. The summed E-state index contributed by atoms with van der Waals surface area (Å²) >= 11 is 1.81. The van der Waals surface area contributed by atoms with Gasteiger partial charge in [-0.15, -0.1) is 11.8 Å². The van der Waals surface area contributed by atoms with E-state index in [1.807, 2.05) is 37.0 Å². The highest BCUT2D eigenvalue weighted by Gasteiger charge is 2.16. The maximum atomic E-state index is 12.1. The monoisotopic (exact) mass is 261 g/mol. The number of hydrogen-bond acceptors (Lipinski definition) is 2. The zero-order chi connectivity index (χ0) is 13.1. The summed E-state index contributed by atoms with van der Waals surface area (Å²) in [4.78, 5) is 15.1. The molecule has 0 bridgehead atoms. The molecule has 0 unspecified atom stereocenters. The van der Waals surface area contributed by atoms with Crippen LogP contribution in [0.3, 0.4) is 0 Å². The molecule has 0 saturated heterocycles. The van der Waals surface area contributed by atoms with Crippen molar-refractivity contribution >= 4 is 23.4 Å². The van der Waals surface area contributed by atoms with Crippen LogP contribution in [0, 0.1) is 0 Å². The van der Waals surface area contributed by atoms with Gasteiger partial charge < -0.3 is 4.90 Å². The number of carbonyl (C=O) groups excluding carboxylic acids is 1. The van der Waals surface area contributed by atoms with E-state index in [9.17, 15) is 4.79 Å². The molecule has 0 radical (unpaired) electrons. The standard InChI is InChI=1S/C15H19NOS/c1-11-8-9-15(17)16(3)13-6-4-5-7-14(13)18-10-12(11)2/h4-7H,8-10H2,1-3H3/b12-11-. The van der Waals surface area contributed by atoms with Crippen molar-refractivity contribution < 1.29 is 4.79 Å². The first kappa shape index (κ1) is 13.2. The fourth-order valence-corrected chi connectivity index (χ4v) is 3.12. The van der Waals surface area contributed by atoms with Gasteiger partial charge in [-0.25, -0.2) is 0 Å². The summed E-state index contributed by atoms with van der Waals surface area (Å²) in [6.45, 7) is 4.30. The summed E-state index contributed by atoms with van der Waals surface area (Å²) in [6, 6.07) is 8.13. The molecular weight excluding hydrogens is 242 g/mol. The number of fused-ring (bicyclic) bond motifs is 1. The van der Waals surface area contributed by atoms with Crippen LogP contribution in [0.4, 0.5) is 5.69 Å². The summed E-state index contributed by atoms with van der Waals surface area (Å²) in [5, 5.41) is 0. The molecule has 1 aromatic rings. The quantitative estimate of drug-likeness (QED) is 0.661. The summed E-state index contributed by atoms with van der Waals surface area (Å²) in [6.07, 6.45) is 1.47. The SMILES string of the molecule is C/C1=C(\C)CSc2ccccc2N(C)C(=O)CC1. The van der Waals surface area contributed by atoms with Gasteiger partial charge in [0.15, 0.2) is 0 Å². The van der Waals surface area contributed by atoms with Crippen LogP contribution in [0.1, 0.15) is 26.7 Å². The highest BCUT2D eigenvalue weighted by molar-refractivity contribution is 7.99. The predicted molar refractivity (Wildman–Crippen MR) is 78.2 cm³/mol. The van der Waals surface area contributed by atoms with Crippen LogP contribution in [0.15, 0.2) is 40.3 Å². The van der Waals surface area contributed by atoms with Gasteiger partial charge in [-0.2, -0.15) is 0 Å². The Hall–Kier alpha value is -1.22. The van der Waals surface area contributed by atoms with Gasteiger partial charge in [-0.05, 0) is 32.4 Å². The van der Waals surface area contributed by atoms with E-state index in [-0.39, 0.29) is 5.91 Å². The van der Waals surface area contributed by atoms with Gasteiger partial charge in [0.25, 0.3) is 0 Å².